The Morgan fingerprint density at radius 1 is 1.50 bits per heavy atom. The fraction of sp³-hybridized carbons (Fsp3) is 0.818. The van der Waals surface area contributed by atoms with Gasteiger partial charge in [-0.05, 0) is 32.6 Å². The molecule has 0 aliphatic heterocycles. The molecule has 0 radical (unpaired) electrons. The first kappa shape index (κ1) is 11.9. The van der Waals surface area contributed by atoms with Gasteiger partial charge in [0, 0.05) is 25.4 Å². The van der Waals surface area contributed by atoms with Crippen molar-refractivity contribution >= 4 is 11.8 Å². The van der Waals surface area contributed by atoms with Crippen LogP contribution in [0.5, 0.6) is 0 Å². The molecule has 5 heteroatoms. The van der Waals surface area contributed by atoms with Gasteiger partial charge in [-0.15, -0.1) is 10.2 Å². The summed E-state index contributed by atoms with van der Waals surface area (Å²) >= 11 is 1.77. The van der Waals surface area contributed by atoms with Crippen molar-refractivity contribution in [3.63, 3.8) is 0 Å². The van der Waals surface area contributed by atoms with Gasteiger partial charge in [-0.3, -0.25) is 0 Å². The molecule has 1 atom stereocenters. The third-order valence-electron chi connectivity index (χ3n) is 3.18. The monoisotopic (exact) mass is 240 g/mol. The molecule has 1 aliphatic carbocycles. The summed E-state index contributed by atoms with van der Waals surface area (Å²) < 4.78 is 2.04. The van der Waals surface area contributed by atoms with Gasteiger partial charge in [-0.25, -0.2) is 0 Å². The van der Waals surface area contributed by atoms with E-state index in [2.05, 4.69) is 22.4 Å². The minimum atomic E-state index is 0.682. The van der Waals surface area contributed by atoms with Gasteiger partial charge in [0.05, 0.1) is 0 Å². The minimum absolute atomic E-state index is 0.682. The lowest BCUT2D eigenvalue weighted by Gasteiger charge is -2.11. The Labute approximate surface area is 101 Å². The summed E-state index contributed by atoms with van der Waals surface area (Å²) in [5.74, 6) is 2.96. The molecule has 0 spiro atoms. The Morgan fingerprint density at radius 2 is 2.25 bits per heavy atom. The van der Waals surface area contributed by atoms with E-state index in [1.807, 2.05) is 18.5 Å². The summed E-state index contributed by atoms with van der Waals surface area (Å²) in [5, 5.41) is 12.7. The zero-order chi connectivity index (χ0) is 11.5. The largest absolute Gasteiger partial charge is 0.313 e. The number of aromatic nitrogens is 3. The van der Waals surface area contributed by atoms with Gasteiger partial charge >= 0.3 is 0 Å². The van der Waals surface area contributed by atoms with Crippen molar-refractivity contribution in [2.45, 2.75) is 37.9 Å². The van der Waals surface area contributed by atoms with Gasteiger partial charge in [-0.2, -0.15) is 0 Å². The van der Waals surface area contributed by atoms with Crippen LogP contribution in [0.25, 0.3) is 0 Å². The first-order valence-electron chi connectivity index (χ1n) is 5.90. The Kier molecular flexibility index (Phi) is 3.86. The van der Waals surface area contributed by atoms with Crippen LogP contribution in [0, 0.1) is 12.8 Å². The molecule has 1 aromatic heterocycles. The van der Waals surface area contributed by atoms with E-state index in [-0.39, 0.29) is 0 Å². The summed E-state index contributed by atoms with van der Waals surface area (Å²) in [7, 11) is 2.01. The Hall–Kier alpha value is -0.550. The van der Waals surface area contributed by atoms with Gasteiger partial charge in [0.1, 0.15) is 5.82 Å². The molecule has 0 amide bonds. The molecule has 2 rings (SSSR count). The maximum Gasteiger partial charge on any atom is 0.190 e. The van der Waals surface area contributed by atoms with Crippen molar-refractivity contribution in [2.75, 3.05) is 12.3 Å². The second kappa shape index (κ2) is 5.19. The van der Waals surface area contributed by atoms with Gasteiger partial charge in [0.25, 0.3) is 0 Å². The highest BCUT2D eigenvalue weighted by atomic mass is 32.2. The van der Waals surface area contributed by atoms with Crippen LogP contribution in [0.4, 0.5) is 0 Å². The standard InChI is InChI=1S/C11H20N4S/c1-8(10-4-5-10)12-6-7-16-11-14-13-9(2)15(11)3/h8,10,12H,4-7H2,1-3H3. The third kappa shape index (κ3) is 2.98. The van der Waals surface area contributed by atoms with Crippen LogP contribution < -0.4 is 5.32 Å². The third-order valence-corrected chi connectivity index (χ3v) is 4.20. The van der Waals surface area contributed by atoms with E-state index in [9.17, 15) is 0 Å². The summed E-state index contributed by atoms with van der Waals surface area (Å²) in [5.41, 5.74) is 0. The smallest absolute Gasteiger partial charge is 0.190 e. The molecule has 1 aromatic rings. The van der Waals surface area contributed by atoms with Crippen molar-refractivity contribution in [1.29, 1.82) is 0 Å². The van der Waals surface area contributed by atoms with Gasteiger partial charge in [-0.1, -0.05) is 11.8 Å². The van der Waals surface area contributed by atoms with Crippen LogP contribution in [-0.2, 0) is 7.05 Å². The second-order valence-electron chi connectivity index (χ2n) is 4.52. The van der Waals surface area contributed by atoms with Crippen molar-refractivity contribution in [3.05, 3.63) is 5.82 Å². The Balaban J connectivity index is 1.65. The average molecular weight is 240 g/mol. The topological polar surface area (TPSA) is 42.7 Å². The summed E-state index contributed by atoms with van der Waals surface area (Å²) in [6, 6.07) is 0.682. The zero-order valence-corrected chi connectivity index (χ0v) is 11.0. The fourth-order valence-electron chi connectivity index (χ4n) is 1.71. The highest BCUT2D eigenvalue weighted by Crippen LogP contribution is 2.32. The molecule has 0 saturated heterocycles. The Morgan fingerprint density at radius 3 is 2.81 bits per heavy atom. The van der Waals surface area contributed by atoms with Gasteiger partial charge in [0.2, 0.25) is 0 Å². The lowest BCUT2D eigenvalue weighted by molar-refractivity contribution is 0.514. The fourth-order valence-corrected chi connectivity index (χ4v) is 2.53. The van der Waals surface area contributed by atoms with E-state index in [1.165, 1.54) is 12.8 Å². The summed E-state index contributed by atoms with van der Waals surface area (Å²) in [6.07, 6.45) is 2.81. The maximum atomic E-state index is 4.13. The van der Waals surface area contributed by atoms with E-state index in [1.54, 1.807) is 11.8 Å². The Bertz CT molecular complexity index is 346. The molecule has 1 aliphatic rings. The molecule has 1 N–H and O–H groups in total. The van der Waals surface area contributed by atoms with E-state index in [0.717, 1.165) is 29.2 Å². The second-order valence-corrected chi connectivity index (χ2v) is 5.58. The number of hydrogen-bond donors (Lipinski definition) is 1. The van der Waals surface area contributed by atoms with Crippen molar-refractivity contribution in [2.24, 2.45) is 13.0 Å². The minimum Gasteiger partial charge on any atom is -0.313 e. The molecule has 0 bridgehead atoms. The molecular formula is C11H20N4S. The first-order chi connectivity index (χ1) is 7.68. The van der Waals surface area contributed by atoms with E-state index < -0.39 is 0 Å². The highest BCUT2D eigenvalue weighted by molar-refractivity contribution is 7.99. The highest BCUT2D eigenvalue weighted by Gasteiger charge is 2.27. The summed E-state index contributed by atoms with van der Waals surface area (Å²) in [4.78, 5) is 0. The molecule has 4 nitrogen and oxygen atoms in total. The lowest BCUT2D eigenvalue weighted by atomic mass is 10.2. The number of thioether (sulfide) groups is 1. The van der Waals surface area contributed by atoms with Gasteiger partial charge in [0.15, 0.2) is 5.16 Å². The van der Waals surface area contributed by atoms with Crippen LogP contribution in [0.2, 0.25) is 0 Å². The quantitative estimate of drug-likeness (QED) is 0.606. The molecule has 0 aromatic carbocycles. The van der Waals surface area contributed by atoms with Crippen molar-refractivity contribution in [3.8, 4) is 0 Å². The normalized spacial score (nSPS) is 17.7. The molecule has 90 valence electrons. The molecule has 1 unspecified atom stereocenters. The molecule has 1 fully saturated rings. The first-order valence-corrected chi connectivity index (χ1v) is 6.89. The number of nitrogens with one attached hydrogen (secondary N) is 1. The van der Waals surface area contributed by atoms with Gasteiger partial charge < -0.3 is 9.88 Å². The number of nitrogens with zero attached hydrogens (tertiary/aromatic N) is 3. The number of hydrogen-bond acceptors (Lipinski definition) is 4. The lowest BCUT2D eigenvalue weighted by Crippen LogP contribution is -2.29. The molecule has 1 heterocycles. The molecule has 16 heavy (non-hydrogen) atoms. The maximum absolute atomic E-state index is 4.13. The zero-order valence-electron chi connectivity index (χ0n) is 10.2. The SMILES string of the molecule is Cc1nnc(SCCNC(C)C2CC2)n1C. The predicted molar refractivity (Wildman–Crippen MR) is 66.7 cm³/mol. The molecule has 1 saturated carbocycles. The van der Waals surface area contributed by atoms with E-state index in [0.29, 0.717) is 6.04 Å². The molecular weight excluding hydrogens is 220 g/mol. The van der Waals surface area contributed by atoms with E-state index in [4.69, 9.17) is 0 Å². The van der Waals surface area contributed by atoms with Crippen molar-refractivity contribution in [1.82, 2.24) is 20.1 Å². The predicted octanol–water partition coefficient (Wildman–Crippen LogP) is 1.60. The van der Waals surface area contributed by atoms with Crippen LogP contribution in [-0.4, -0.2) is 33.1 Å². The number of rotatable bonds is 6. The van der Waals surface area contributed by atoms with Crippen molar-refractivity contribution < 1.29 is 0 Å². The number of aryl methyl sites for hydroxylation is 1. The summed E-state index contributed by atoms with van der Waals surface area (Å²) in [6.45, 7) is 5.31. The van der Waals surface area contributed by atoms with Crippen LogP contribution in [0.3, 0.4) is 0 Å². The van der Waals surface area contributed by atoms with Crippen LogP contribution >= 0.6 is 11.8 Å². The average Bonchev–Trinajstić information content (AvgIpc) is 3.06. The van der Waals surface area contributed by atoms with Crippen LogP contribution in [0.15, 0.2) is 5.16 Å². The van der Waals surface area contributed by atoms with E-state index >= 15 is 0 Å². The van der Waals surface area contributed by atoms with Crippen LogP contribution in [0.1, 0.15) is 25.6 Å².